The van der Waals surface area contributed by atoms with Gasteiger partial charge < -0.3 is 20.1 Å². The molecule has 0 saturated heterocycles. The van der Waals surface area contributed by atoms with Crippen molar-refractivity contribution < 1.29 is 9.47 Å². The number of methoxy groups -OCH3 is 1. The summed E-state index contributed by atoms with van der Waals surface area (Å²) in [6, 6.07) is 8.33. The number of hydrogen-bond acceptors (Lipinski definition) is 4. The Hall–Kier alpha value is -1.10. The molecule has 1 aromatic carbocycles. The fraction of sp³-hybridized carbons (Fsp3) is 0.625. The van der Waals surface area contributed by atoms with Crippen LogP contribution in [0.25, 0.3) is 0 Å². The van der Waals surface area contributed by atoms with Crippen molar-refractivity contribution in [3.8, 4) is 5.75 Å². The highest BCUT2D eigenvalue weighted by Crippen LogP contribution is 2.12. The average Bonchev–Trinajstić information content (AvgIpc) is 2.48. The van der Waals surface area contributed by atoms with E-state index in [2.05, 4.69) is 29.7 Å². The molecule has 20 heavy (non-hydrogen) atoms. The largest absolute Gasteiger partial charge is 0.494 e. The highest BCUT2D eigenvalue weighted by molar-refractivity contribution is 5.27. The number of rotatable bonds is 12. The molecule has 1 rings (SSSR count). The molecule has 0 spiro atoms. The van der Waals surface area contributed by atoms with E-state index in [1.54, 1.807) is 7.11 Å². The fourth-order valence-electron chi connectivity index (χ4n) is 1.75. The SMILES string of the molecule is CCCCOc1ccc(CNCCNCCOC)cc1. The first-order valence-corrected chi connectivity index (χ1v) is 7.49. The first-order chi connectivity index (χ1) is 9.86. The fourth-order valence-corrected chi connectivity index (χ4v) is 1.75. The maximum atomic E-state index is 5.64. The summed E-state index contributed by atoms with van der Waals surface area (Å²) in [5.41, 5.74) is 1.28. The molecule has 0 fully saturated rings. The number of benzene rings is 1. The van der Waals surface area contributed by atoms with Crippen LogP contribution in [-0.4, -0.2) is 40.0 Å². The predicted molar refractivity (Wildman–Crippen MR) is 83.3 cm³/mol. The minimum Gasteiger partial charge on any atom is -0.494 e. The van der Waals surface area contributed by atoms with Crippen molar-refractivity contribution >= 4 is 0 Å². The number of nitrogens with one attached hydrogen (secondary N) is 2. The van der Waals surface area contributed by atoms with Gasteiger partial charge in [-0.25, -0.2) is 0 Å². The molecule has 0 amide bonds. The first kappa shape index (κ1) is 17.0. The van der Waals surface area contributed by atoms with Gasteiger partial charge >= 0.3 is 0 Å². The van der Waals surface area contributed by atoms with Gasteiger partial charge in [-0.15, -0.1) is 0 Å². The Labute approximate surface area is 122 Å². The van der Waals surface area contributed by atoms with Crippen molar-refractivity contribution in [1.82, 2.24) is 10.6 Å². The molecule has 2 N–H and O–H groups in total. The van der Waals surface area contributed by atoms with E-state index in [-0.39, 0.29) is 0 Å². The number of ether oxygens (including phenoxy) is 2. The van der Waals surface area contributed by atoms with Gasteiger partial charge in [-0.3, -0.25) is 0 Å². The van der Waals surface area contributed by atoms with Crippen LogP contribution in [0.5, 0.6) is 5.75 Å². The lowest BCUT2D eigenvalue weighted by atomic mass is 10.2. The van der Waals surface area contributed by atoms with Crippen molar-refractivity contribution in [3.05, 3.63) is 29.8 Å². The van der Waals surface area contributed by atoms with E-state index in [0.29, 0.717) is 0 Å². The summed E-state index contributed by atoms with van der Waals surface area (Å²) < 4.78 is 10.6. The average molecular weight is 280 g/mol. The molecule has 4 nitrogen and oxygen atoms in total. The second-order valence-corrected chi connectivity index (χ2v) is 4.77. The Morgan fingerprint density at radius 2 is 1.70 bits per heavy atom. The standard InChI is InChI=1S/C16H28N2O2/c1-3-4-12-20-16-7-5-15(6-8-16)14-18-10-9-17-11-13-19-2/h5-8,17-18H,3-4,9-14H2,1-2H3. The molecule has 0 atom stereocenters. The van der Waals surface area contributed by atoms with E-state index in [9.17, 15) is 0 Å². The summed E-state index contributed by atoms with van der Waals surface area (Å²) >= 11 is 0. The van der Waals surface area contributed by atoms with E-state index >= 15 is 0 Å². The van der Waals surface area contributed by atoms with Gasteiger partial charge in [0.15, 0.2) is 0 Å². The monoisotopic (exact) mass is 280 g/mol. The predicted octanol–water partition coefficient (Wildman–Crippen LogP) is 2.19. The maximum Gasteiger partial charge on any atom is 0.119 e. The van der Waals surface area contributed by atoms with E-state index in [0.717, 1.165) is 51.6 Å². The summed E-state index contributed by atoms with van der Waals surface area (Å²) in [4.78, 5) is 0. The van der Waals surface area contributed by atoms with Gasteiger partial charge in [0.2, 0.25) is 0 Å². The molecule has 0 unspecified atom stereocenters. The minimum atomic E-state index is 0.763. The van der Waals surface area contributed by atoms with Crippen LogP contribution in [0.15, 0.2) is 24.3 Å². The molecular formula is C16H28N2O2. The maximum absolute atomic E-state index is 5.64. The second-order valence-electron chi connectivity index (χ2n) is 4.77. The summed E-state index contributed by atoms with van der Waals surface area (Å²) in [5.74, 6) is 0.962. The van der Waals surface area contributed by atoms with Gasteiger partial charge in [0.1, 0.15) is 5.75 Å². The molecule has 114 valence electrons. The highest BCUT2D eigenvalue weighted by atomic mass is 16.5. The van der Waals surface area contributed by atoms with Crippen molar-refractivity contribution in [2.24, 2.45) is 0 Å². The third-order valence-corrected chi connectivity index (χ3v) is 2.98. The van der Waals surface area contributed by atoms with Crippen molar-refractivity contribution in [3.63, 3.8) is 0 Å². The number of hydrogen-bond donors (Lipinski definition) is 2. The van der Waals surface area contributed by atoms with Crippen LogP contribution in [-0.2, 0) is 11.3 Å². The Morgan fingerprint density at radius 1 is 0.950 bits per heavy atom. The highest BCUT2D eigenvalue weighted by Gasteiger charge is 1.96. The lowest BCUT2D eigenvalue weighted by Gasteiger charge is -2.08. The Bertz CT molecular complexity index is 328. The van der Waals surface area contributed by atoms with Gasteiger partial charge in [-0.05, 0) is 24.1 Å². The Morgan fingerprint density at radius 3 is 2.40 bits per heavy atom. The first-order valence-electron chi connectivity index (χ1n) is 7.49. The summed E-state index contributed by atoms with van der Waals surface area (Å²) in [5, 5.41) is 6.71. The van der Waals surface area contributed by atoms with Gasteiger partial charge in [0.05, 0.1) is 13.2 Å². The Kier molecular flexibility index (Phi) is 9.92. The third-order valence-electron chi connectivity index (χ3n) is 2.98. The molecule has 0 saturated carbocycles. The van der Waals surface area contributed by atoms with Crippen LogP contribution in [0.1, 0.15) is 25.3 Å². The molecule has 0 aliphatic rings. The van der Waals surface area contributed by atoms with E-state index in [1.165, 1.54) is 12.0 Å². The zero-order valence-corrected chi connectivity index (χ0v) is 12.8. The molecule has 0 radical (unpaired) electrons. The normalized spacial score (nSPS) is 10.7. The van der Waals surface area contributed by atoms with Crippen LogP contribution < -0.4 is 15.4 Å². The molecule has 0 aliphatic heterocycles. The van der Waals surface area contributed by atoms with E-state index in [4.69, 9.17) is 9.47 Å². The third kappa shape index (κ3) is 8.15. The molecule has 1 aromatic rings. The molecule has 0 aliphatic carbocycles. The summed E-state index contributed by atoms with van der Waals surface area (Å²) in [6.45, 7) is 7.45. The lowest BCUT2D eigenvalue weighted by molar-refractivity contribution is 0.199. The van der Waals surface area contributed by atoms with Crippen LogP contribution in [0.2, 0.25) is 0 Å². The van der Waals surface area contributed by atoms with Gasteiger partial charge in [0, 0.05) is 33.3 Å². The molecule has 4 heteroatoms. The van der Waals surface area contributed by atoms with E-state index < -0.39 is 0 Å². The van der Waals surface area contributed by atoms with E-state index in [1.807, 2.05) is 12.1 Å². The van der Waals surface area contributed by atoms with Gasteiger partial charge in [0.25, 0.3) is 0 Å². The van der Waals surface area contributed by atoms with Crippen LogP contribution in [0.4, 0.5) is 0 Å². The summed E-state index contributed by atoms with van der Waals surface area (Å²) in [7, 11) is 1.72. The van der Waals surface area contributed by atoms with Crippen LogP contribution in [0, 0.1) is 0 Å². The summed E-state index contributed by atoms with van der Waals surface area (Å²) in [6.07, 6.45) is 2.28. The minimum absolute atomic E-state index is 0.763. The van der Waals surface area contributed by atoms with Crippen LogP contribution in [0.3, 0.4) is 0 Å². The molecule has 0 aromatic heterocycles. The van der Waals surface area contributed by atoms with Crippen LogP contribution >= 0.6 is 0 Å². The van der Waals surface area contributed by atoms with Crippen molar-refractivity contribution in [2.75, 3.05) is 40.0 Å². The van der Waals surface area contributed by atoms with Gasteiger partial charge in [-0.2, -0.15) is 0 Å². The second kappa shape index (κ2) is 11.7. The topological polar surface area (TPSA) is 42.5 Å². The molecule has 0 bridgehead atoms. The zero-order chi connectivity index (χ0) is 14.5. The smallest absolute Gasteiger partial charge is 0.119 e. The zero-order valence-electron chi connectivity index (χ0n) is 12.8. The quantitative estimate of drug-likeness (QED) is 0.576. The van der Waals surface area contributed by atoms with Crippen molar-refractivity contribution in [2.45, 2.75) is 26.3 Å². The lowest BCUT2D eigenvalue weighted by Crippen LogP contribution is -2.29. The number of unbranched alkanes of at least 4 members (excludes halogenated alkanes) is 1. The molecule has 0 heterocycles. The Balaban J connectivity index is 2.08. The van der Waals surface area contributed by atoms with Gasteiger partial charge in [-0.1, -0.05) is 25.5 Å². The van der Waals surface area contributed by atoms with Crippen molar-refractivity contribution in [1.29, 1.82) is 0 Å². The molecular weight excluding hydrogens is 252 g/mol.